The zero-order chi connectivity index (χ0) is 15.6. The average molecular weight is 354 g/mol. The van der Waals surface area contributed by atoms with Crippen LogP contribution >= 0.6 is 23.2 Å². The normalized spacial score (nSPS) is 18.5. The maximum absolute atomic E-state index is 11.8. The lowest BCUT2D eigenvalue weighted by atomic mass is 10.3. The molecule has 0 spiro atoms. The molecule has 1 aliphatic heterocycles. The zero-order valence-electron chi connectivity index (χ0n) is 10.7. The number of sulfonamides is 1. The minimum Gasteiger partial charge on any atom is -0.379 e. The van der Waals surface area contributed by atoms with Gasteiger partial charge in [-0.3, -0.25) is 0 Å². The van der Waals surface area contributed by atoms with Crippen molar-refractivity contribution in [2.24, 2.45) is 5.14 Å². The van der Waals surface area contributed by atoms with Gasteiger partial charge in [-0.25, -0.2) is 18.4 Å². The Hall–Kier alpha value is -1.06. The van der Waals surface area contributed by atoms with Gasteiger partial charge in [0.05, 0.1) is 33.3 Å². The van der Waals surface area contributed by atoms with Gasteiger partial charge in [0.1, 0.15) is 0 Å². The Labute approximate surface area is 131 Å². The largest absolute Gasteiger partial charge is 0.379 e. The number of nitrogens with one attached hydrogen (secondary N) is 2. The van der Waals surface area contributed by atoms with Gasteiger partial charge in [0.15, 0.2) is 0 Å². The van der Waals surface area contributed by atoms with Gasteiger partial charge in [-0.05, 0) is 18.6 Å². The number of halogens is 2. The van der Waals surface area contributed by atoms with Gasteiger partial charge in [0.2, 0.25) is 10.0 Å². The Kier molecular flexibility index (Phi) is 4.95. The third kappa shape index (κ3) is 4.21. The molecule has 7 nitrogen and oxygen atoms in total. The molecule has 1 unspecified atom stereocenters. The summed E-state index contributed by atoms with van der Waals surface area (Å²) in [6.45, 7) is 1.04. The van der Waals surface area contributed by atoms with Crippen LogP contribution in [0.1, 0.15) is 6.42 Å². The summed E-state index contributed by atoms with van der Waals surface area (Å²) in [5, 5.41) is 10.1. The van der Waals surface area contributed by atoms with Crippen LogP contribution in [0.3, 0.4) is 0 Å². The molecule has 0 saturated carbocycles. The molecule has 1 aliphatic rings. The predicted octanol–water partition coefficient (Wildman–Crippen LogP) is 1.55. The molecule has 1 heterocycles. The summed E-state index contributed by atoms with van der Waals surface area (Å²) < 4.78 is 27.6. The number of hydrogen-bond acceptors (Lipinski definition) is 4. The molecule has 2 amide bonds. The third-order valence-electron chi connectivity index (χ3n) is 2.85. The van der Waals surface area contributed by atoms with Crippen molar-refractivity contribution >= 4 is 44.9 Å². The monoisotopic (exact) mass is 353 g/mol. The van der Waals surface area contributed by atoms with Crippen LogP contribution in [0.25, 0.3) is 0 Å². The fraction of sp³-hybridized carbons (Fsp3) is 0.364. The molecule has 1 atom stereocenters. The molecule has 1 saturated heterocycles. The quantitative estimate of drug-likeness (QED) is 0.765. The molecule has 1 aromatic carbocycles. The van der Waals surface area contributed by atoms with Crippen LogP contribution in [0.4, 0.5) is 10.5 Å². The first-order chi connectivity index (χ1) is 9.77. The van der Waals surface area contributed by atoms with Gasteiger partial charge in [-0.15, -0.1) is 0 Å². The highest BCUT2D eigenvalue weighted by atomic mass is 35.5. The lowest BCUT2D eigenvalue weighted by Crippen LogP contribution is -2.38. The van der Waals surface area contributed by atoms with Crippen molar-refractivity contribution in [3.63, 3.8) is 0 Å². The molecule has 1 aromatic rings. The second-order valence-electron chi connectivity index (χ2n) is 4.47. The van der Waals surface area contributed by atoms with Crippen molar-refractivity contribution < 1.29 is 17.9 Å². The number of carbonyl (C=O) groups excluding carboxylic acids is 1. The van der Waals surface area contributed by atoms with E-state index in [4.69, 9.17) is 33.1 Å². The van der Waals surface area contributed by atoms with Crippen molar-refractivity contribution in [3.8, 4) is 0 Å². The summed E-state index contributed by atoms with van der Waals surface area (Å²) in [6, 6.07) is 1.66. The van der Waals surface area contributed by atoms with E-state index in [0.717, 1.165) is 18.6 Å². The number of anilines is 1. The highest BCUT2D eigenvalue weighted by Crippen LogP contribution is 2.33. The third-order valence-corrected chi connectivity index (χ3v) is 4.34. The van der Waals surface area contributed by atoms with Crippen molar-refractivity contribution in [1.82, 2.24) is 5.32 Å². The van der Waals surface area contributed by atoms with E-state index in [-0.39, 0.29) is 26.7 Å². The van der Waals surface area contributed by atoms with E-state index in [1.54, 1.807) is 0 Å². The molecule has 0 bridgehead atoms. The number of benzene rings is 1. The van der Waals surface area contributed by atoms with Crippen LogP contribution in [-0.2, 0) is 14.8 Å². The summed E-state index contributed by atoms with van der Waals surface area (Å²) >= 11 is 11.9. The molecular weight excluding hydrogens is 341 g/mol. The number of primary sulfonamides is 1. The van der Waals surface area contributed by atoms with Crippen molar-refractivity contribution in [2.45, 2.75) is 17.4 Å². The first-order valence-corrected chi connectivity index (χ1v) is 8.24. The summed E-state index contributed by atoms with van der Waals surface area (Å²) in [5.41, 5.74) is 0.113. The number of carbonyl (C=O) groups is 1. The molecule has 10 heteroatoms. The lowest BCUT2D eigenvalue weighted by Gasteiger charge is -2.14. The lowest BCUT2D eigenvalue weighted by molar-refractivity contribution is 0.189. The van der Waals surface area contributed by atoms with Gasteiger partial charge in [-0.2, -0.15) is 0 Å². The van der Waals surface area contributed by atoms with E-state index < -0.39 is 16.1 Å². The fourth-order valence-electron chi connectivity index (χ4n) is 1.82. The molecule has 21 heavy (non-hydrogen) atoms. The van der Waals surface area contributed by atoms with E-state index in [1.807, 2.05) is 0 Å². The molecule has 116 valence electrons. The molecule has 0 aromatic heterocycles. The van der Waals surface area contributed by atoms with Gasteiger partial charge in [0, 0.05) is 6.61 Å². The predicted molar refractivity (Wildman–Crippen MR) is 79.2 cm³/mol. The van der Waals surface area contributed by atoms with E-state index in [9.17, 15) is 13.2 Å². The van der Waals surface area contributed by atoms with E-state index in [0.29, 0.717) is 13.2 Å². The Morgan fingerprint density at radius 2 is 1.95 bits per heavy atom. The van der Waals surface area contributed by atoms with Crippen LogP contribution in [0.5, 0.6) is 0 Å². The van der Waals surface area contributed by atoms with Gasteiger partial charge >= 0.3 is 6.03 Å². The molecule has 4 N–H and O–H groups in total. The Bertz CT molecular complexity index is 636. The average Bonchev–Trinajstić information content (AvgIpc) is 2.85. The van der Waals surface area contributed by atoms with Gasteiger partial charge < -0.3 is 15.4 Å². The van der Waals surface area contributed by atoms with Crippen molar-refractivity contribution in [1.29, 1.82) is 0 Å². The topological polar surface area (TPSA) is 111 Å². The van der Waals surface area contributed by atoms with Crippen LogP contribution in [0.15, 0.2) is 17.0 Å². The number of rotatable bonds is 3. The van der Waals surface area contributed by atoms with E-state index >= 15 is 0 Å². The summed E-state index contributed by atoms with van der Waals surface area (Å²) in [7, 11) is -3.93. The van der Waals surface area contributed by atoms with Crippen LogP contribution in [-0.4, -0.2) is 33.7 Å². The Balaban J connectivity index is 2.14. The maximum atomic E-state index is 11.8. The molecule has 2 rings (SSSR count). The van der Waals surface area contributed by atoms with Crippen LogP contribution < -0.4 is 15.8 Å². The number of nitrogens with two attached hydrogens (primary N) is 1. The summed E-state index contributed by atoms with van der Waals surface area (Å²) in [6.07, 6.45) is 0.721. The maximum Gasteiger partial charge on any atom is 0.319 e. The SMILES string of the molecule is NS(=O)(=O)c1cc(Cl)c(NC(=O)NC2CCOC2)c(Cl)c1. The minimum atomic E-state index is -3.93. The fourth-order valence-corrected chi connectivity index (χ4v) is 3.09. The zero-order valence-corrected chi connectivity index (χ0v) is 13.1. The van der Waals surface area contributed by atoms with Crippen molar-refractivity contribution in [2.75, 3.05) is 18.5 Å². The smallest absolute Gasteiger partial charge is 0.319 e. The van der Waals surface area contributed by atoms with Crippen molar-refractivity contribution in [3.05, 3.63) is 22.2 Å². The summed E-state index contributed by atoms with van der Waals surface area (Å²) in [4.78, 5) is 11.6. The van der Waals surface area contributed by atoms with Crippen LogP contribution in [0.2, 0.25) is 10.0 Å². The highest BCUT2D eigenvalue weighted by Gasteiger charge is 2.20. The second-order valence-corrected chi connectivity index (χ2v) is 6.84. The first-order valence-electron chi connectivity index (χ1n) is 5.94. The molecule has 0 radical (unpaired) electrons. The highest BCUT2D eigenvalue weighted by molar-refractivity contribution is 7.89. The number of hydrogen-bond donors (Lipinski definition) is 3. The summed E-state index contributed by atoms with van der Waals surface area (Å²) in [5.74, 6) is 0. The molecule has 0 aliphatic carbocycles. The Morgan fingerprint density at radius 1 is 1.33 bits per heavy atom. The van der Waals surface area contributed by atoms with Gasteiger partial charge in [0.25, 0.3) is 0 Å². The Morgan fingerprint density at radius 3 is 2.43 bits per heavy atom. The molecule has 1 fully saturated rings. The minimum absolute atomic E-state index is 0.0238. The molecular formula is C11H13Cl2N3O4S. The standard InChI is InChI=1S/C11H13Cl2N3O4S/c12-8-3-7(21(14,18)19)4-9(13)10(8)16-11(17)15-6-1-2-20-5-6/h3-4,6H,1-2,5H2,(H2,14,18,19)(H2,15,16,17). The number of ether oxygens (including phenoxy) is 1. The number of urea groups is 1. The van der Waals surface area contributed by atoms with E-state index in [2.05, 4.69) is 10.6 Å². The van der Waals surface area contributed by atoms with Crippen LogP contribution in [0, 0.1) is 0 Å². The van der Waals surface area contributed by atoms with E-state index in [1.165, 1.54) is 0 Å². The second kappa shape index (κ2) is 6.37. The van der Waals surface area contributed by atoms with Gasteiger partial charge in [-0.1, -0.05) is 23.2 Å². The first kappa shape index (κ1) is 16.3. The number of amides is 2.